The molecule has 8 heteroatoms. The van der Waals surface area contributed by atoms with Gasteiger partial charge in [0.2, 0.25) is 0 Å². The number of anilines is 2. The molecule has 0 aliphatic heterocycles. The van der Waals surface area contributed by atoms with E-state index in [2.05, 4.69) is 14.7 Å². The molecule has 0 radical (unpaired) electrons. The number of rotatable bonds is 3. The molecule has 0 fully saturated rings. The highest BCUT2D eigenvalue weighted by Gasteiger charge is 2.20. The molecule has 0 aliphatic rings. The summed E-state index contributed by atoms with van der Waals surface area (Å²) in [6, 6.07) is 5.09. The first kappa shape index (κ1) is 12.9. The molecule has 20 heavy (non-hydrogen) atoms. The molecule has 0 bridgehead atoms. The molecule has 0 atom stereocenters. The molecule has 0 unspecified atom stereocenters. The van der Waals surface area contributed by atoms with Gasteiger partial charge in [-0.2, -0.15) is 0 Å². The predicted molar refractivity (Wildman–Crippen MR) is 80.4 cm³/mol. The van der Waals surface area contributed by atoms with Crippen LogP contribution in [0.15, 0.2) is 35.5 Å². The lowest BCUT2D eigenvalue weighted by Gasteiger charge is -2.03. The molecule has 2 aromatic heterocycles. The zero-order chi connectivity index (χ0) is 14.3. The van der Waals surface area contributed by atoms with Crippen molar-refractivity contribution < 1.29 is 8.42 Å². The highest BCUT2D eigenvalue weighted by Crippen LogP contribution is 2.27. The Morgan fingerprint density at radius 1 is 1.40 bits per heavy atom. The molecule has 0 amide bonds. The maximum atomic E-state index is 12.4. The van der Waals surface area contributed by atoms with Crippen LogP contribution in [0.4, 0.5) is 10.8 Å². The number of nitrogens with zero attached hydrogens (tertiary/aromatic N) is 1. The molecular weight excluding hydrogens is 296 g/mol. The van der Waals surface area contributed by atoms with Crippen molar-refractivity contribution in [2.45, 2.75) is 11.8 Å². The van der Waals surface area contributed by atoms with Gasteiger partial charge in [-0.25, -0.2) is 13.4 Å². The van der Waals surface area contributed by atoms with Gasteiger partial charge in [0.25, 0.3) is 10.0 Å². The number of hydrogen-bond acceptors (Lipinski definition) is 5. The summed E-state index contributed by atoms with van der Waals surface area (Å²) in [7, 11) is -3.69. The van der Waals surface area contributed by atoms with E-state index >= 15 is 0 Å². The lowest BCUT2D eigenvalue weighted by molar-refractivity contribution is 0.602. The minimum absolute atomic E-state index is 0.160. The summed E-state index contributed by atoms with van der Waals surface area (Å²) < 4.78 is 27.3. The van der Waals surface area contributed by atoms with Gasteiger partial charge in [0.1, 0.15) is 4.90 Å². The lowest BCUT2D eigenvalue weighted by atomic mass is 10.2. The molecule has 104 valence electrons. The minimum atomic E-state index is -3.69. The van der Waals surface area contributed by atoms with Gasteiger partial charge < -0.3 is 10.7 Å². The molecule has 3 rings (SSSR count). The van der Waals surface area contributed by atoms with Crippen molar-refractivity contribution in [1.29, 1.82) is 0 Å². The van der Waals surface area contributed by atoms with Crippen molar-refractivity contribution in [3.8, 4) is 0 Å². The Hall–Kier alpha value is -2.06. The van der Waals surface area contributed by atoms with Crippen molar-refractivity contribution in [2.24, 2.45) is 0 Å². The van der Waals surface area contributed by atoms with Gasteiger partial charge in [-0.15, -0.1) is 11.3 Å². The molecular formula is C12H12N4O2S2. The second-order valence-electron chi connectivity index (χ2n) is 4.34. The monoisotopic (exact) mass is 308 g/mol. The standard InChI is InChI=1S/C12H12N4O2S2/c1-7-5-15-12(19-7)16-20(17,18)11-6-14-10-3-2-8(13)4-9(10)11/h2-6,14H,13H2,1H3,(H,15,16). The number of H-pyrrole nitrogens is 1. The summed E-state index contributed by atoms with van der Waals surface area (Å²) in [6.45, 7) is 1.86. The van der Waals surface area contributed by atoms with Crippen LogP contribution in [-0.4, -0.2) is 18.4 Å². The van der Waals surface area contributed by atoms with Crippen molar-refractivity contribution in [2.75, 3.05) is 10.5 Å². The Morgan fingerprint density at radius 3 is 2.90 bits per heavy atom. The van der Waals surface area contributed by atoms with Gasteiger partial charge in [0.05, 0.1) is 0 Å². The van der Waals surface area contributed by atoms with Crippen LogP contribution in [0.25, 0.3) is 10.9 Å². The number of aromatic amines is 1. The maximum absolute atomic E-state index is 12.4. The summed E-state index contributed by atoms with van der Waals surface area (Å²) in [6.07, 6.45) is 3.07. The number of nitrogens with one attached hydrogen (secondary N) is 2. The zero-order valence-electron chi connectivity index (χ0n) is 10.5. The molecule has 0 spiro atoms. The summed E-state index contributed by atoms with van der Waals surface area (Å²) >= 11 is 1.28. The first-order valence-electron chi connectivity index (χ1n) is 5.77. The van der Waals surface area contributed by atoms with Crippen LogP contribution in [0.1, 0.15) is 4.88 Å². The van der Waals surface area contributed by atoms with E-state index in [-0.39, 0.29) is 4.90 Å². The summed E-state index contributed by atoms with van der Waals surface area (Å²) in [4.78, 5) is 8.02. The third-order valence-corrected chi connectivity index (χ3v) is 5.14. The predicted octanol–water partition coefficient (Wildman–Crippen LogP) is 2.32. The first-order chi connectivity index (χ1) is 9.45. The molecule has 3 aromatic rings. The van der Waals surface area contributed by atoms with Gasteiger partial charge in [-0.1, -0.05) is 0 Å². The van der Waals surface area contributed by atoms with Gasteiger partial charge in [0, 0.05) is 33.9 Å². The zero-order valence-corrected chi connectivity index (χ0v) is 12.2. The fraction of sp³-hybridized carbons (Fsp3) is 0.0833. The smallest absolute Gasteiger partial charge is 0.265 e. The van der Waals surface area contributed by atoms with E-state index in [1.807, 2.05) is 6.92 Å². The Morgan fingerprint density at radius 2 is 2.20 bits per heavy atom. The number of hydrogen-bond donors (Lipinski definition) is 3. The maximum Gasteiger partial charge on any atom is 0.265 e. The summed E-state index contributed by atoms with van der Waals surface area (Å²) in [5.74, 6) is 0. The number of sulfonamides is 1. The van der Waals surface area contributed by atoms with Gasteiger partial charge in [-0.3, -0.25) is 4.72 Å². The molecule has 4 N–H and O–H groups in total. The number of aromatic nitrogens is 2. The molecule has 0 aliphatic carbocycles. The first-order valence-corrected chi connectivity index (χ1v) is 8.07. The van der Waals surface area contributed by atoms with Crippen LogP contribution < -0.4 is 10.5 Å². The van der Waals surface area contributed by atoms with E-state index in [1.54, 1.807) is 24.4 Å². The van der Waals surface area contributed by atoms with Crippen molar-refractivity contribution in [3.05, 3.63) is 35.5 Å². The molecule has 1 aromatic carbocycles. The van der Waals surface area contributed by atoms with E-state index in [0.717, 1.165) is 10.4 Å². The second-order valence-corrected chi connectivity index (χ2v) is 7.23. The van der Waals surface area contributed by atoms with Gasteiger partial charge >= 0.3 is 0 Å². The lowest BCUT2D eigenvalue weighted by Crippen LogP contribution is -2.12. The van der Waals surface area contributed by atoms with Crippen LogP contribution >= 0.6 is 11.3 Å². The van der Waals surface area contributed by atoms with E-state index < -0.39 is 10.0 Å². The number of aryl methyl sites for hydroxylation is 1. The largest absolute Gasteiger partial charge is 0.399 e. The van der Waals surface area contributed by atoms with E-state index in [9.17, 15) is 8.42 Å². The quantitative estimate of drug-likeness (QED) is 0.646. The summed E-state index contributed by atoms with van der Waals surface area (Å²) in [5.41, 5.74) is 6.94. The third-order valence-electron chi connectivity index (χ3n) is 2.80. The van der Waals surface area contributed by atoms with Crippen molar-refractivity contribution in [1.82, 2.24) is 9.97 Å². The van der Waals surface area contributed by atoms with E-state index in [1.165, 1.54) is 17.5 Å². The Bertz CT molecular complexity index is 880. The van der Waals surface area contributed by atoms with Crippen LogP contribution in [0.3, 0.4) is 0 Å². The number of nitrogen functional groups attached to an aromatic ring is 1. The highest BCUT2D eigenvalue weighted by molar-refractivity contribution is 7.93. The normalized spacial score (nSPS) is 11.8. The van der Waals surface area contributed by atoms with Gasteiger partial charge in [-0.05, 0) is 25.1 Å². The van der Waals surface area contributed by atoms with Crippen molar-refractivity contribution >= 4 is 43.1 Å². The number of fused-ring (bicyclic) bond motifs is 1. The molecule has 2 heterocycles. The highest BCUT2D eigenvalue weighted by atomic mass is 32.2. The molecule has 6 nitrogen and oxygen atoms in total. The van der Waals surface area contributed by atoms with E-state index in [0.29, 0.717) is 16.2 Å². The fourth-order valence-corrected chi connectivity index (χ4v) is 3.98. The van der Waals surface area contributed by atoms with Crippen LogP contribution in [-0.2, 0) is 10.0 Å². The Labute approximate surface area is 119 Å². The fourth-order valence-electron chi connectivity index (χ4n) is 1.91. The molecule has 0 saturated heterocycles. The summed E-state index contributed by atoms with van der Waals surface area (Å²) in [5, 5.41) is 0.909. The van der Waals surface area contributed by atoms with Crippen LogP contribution in [0, 0.1) is 6.92 Å². The third kappa shape index (κ3) is 2.23. The Balaban J connectivity index is 2.07. The van der Waals surface area contributed by atoms with Crippen LogP contribution in [0.5, 0.6) is 0 Å². The van der Waals surface area contributed by atoms with Crippen LogP contribution in [0.2, 0.25) is 0 Å². The minimum Gasteiger partial charge on any atom is -0.399 e. The Kier molecular flexibility index (Phi) is 2.91. The number of thiazole rings is 1. The SMILES string of the molecule is Cc1cnc(NS(=O)(=O)c2c[nH]c3ccc(N)cc23)s1. The topological polar surface area (TPSA) is 101 Å². The average molecular weight is 308 g/mol. The van der Waals surface area contributed by atoms with E-state index in [4.69, 9.17) is 5.73 Å². The number of benzene rings is 1. The average Bonchev–Trinajstić information content (AvgIpc) is 2.95. The second kappa shape index (κ2) is 4.50. The van der Waals surface area contributed by atoms with Gasteiger partial charge in [0.15, 0.2) is 5.13 Å². The van der Waals surface area contributed by atoms with Crippen molar-refractivity contribution in [3.63, 3.8) is 0 Å². The number of nitrogens with two attached hydrogens (primary N) is 1. The molecule has 0 saturated carbocycles.